The van der Waals surface area contributed by atoms with Crippen molar-refractivity contribution in [2.24, 2.45) is 0 Å². The van der Waals surface area contributed by atoms with E-state index in [-0.39, 0.29) is 76.2 Å². The standard InChI is InChI=1S/C34H30F3N5O4/c1-2-23-25(36)7-6-18-11-22(44)13-24(26(18)23)29-28(37)30-27-31(42-10-3-5-21(43)12-20(42)16-45-32(27)38-29)40-33(39-30)46-17-34-8-4-9-41(34)15-19(35)14-34/h1,6-7,11,13,19-20,44H,3-5,8-10,12,14-17H2/t19-,20+,34+/m1/s1. The number of anilines is 1. The van der Waals surface area contributed by atoms with E-state index in [4.69, 9.17) is 20.9 Å². The highest BCUT2D eigenvalue weighted by Crippen LogP contribution is 2.45. The summed E-state index contributed by atoms with van der Waals surface area (Å²) < 4.78 is 58.7. The number of phenols is 1. The Labute approximate surface area is 262 Å². The third kappa shape index (κ3) is 4.51. The number of pyridine rings is 1. The summed E-state index contributed by atoms with van der Waals surface area (Å²) in [5, 5.41) is 11.4. The molecule has 4 aliphatic rings. The lowest BCUT2D eigenvalue weighted by atomic mass is 9.95. The second kappa shape index (κ2) is 10.7. The number of aromatic hydroxyl groups is 1. The van der Waals surface area contributed by atoms with Gasteiger partial charge in [-0.05, 0) is 49.4 Å². The first-order valence-electron chi connectivity index (χ1n) is 15.5. The Morgan fingerprint density at radius 1 is 1.15 bits per heavy atom. The van der Waals surface area contributed by atoms with Gasteiger partial charge in [0.1, 0.15) is 59.2 Å². The van der Waals surface area contributed by atoms with Crippen molar-refractivity contribution < 1.29 is 32.5 Å². The van der Waals surface area contributed by atoms with Crippen LogP contribution in [0.5, 0.6) is 17.6 Å². The van der Waals surface area contributed by atoms with Crippen molar-refractivity contribution in [3.8, 4) is 41.2 Å². The van der Waals surface area contributed by atoms with Crippen molar-refractivity contribution in [1.29, 1.82) is 0 Å². The number of hydrogen-bond acceptors (Lipinski definition) is 9. The van der Waals surface area contributed by atoms with E-state index in [1.54, 1.807) is 0 Å². The Balaban J connectivity index is 1.34. The highest BCUT2D eigenvalue weighted by molar-refractivity contribution is 6.04. The normalized spacial score (nSPS) is 24.3. The molecule has 46 heavy (non-hydrogen) atoms. The van der Waals surface area contributed by atoms with E-state index in [1.807, 2.05) is 4.90 Å². The zero-order chi connectivity index (χ0) is 31.7. The maximum atomic E-state index is 16.9. The molecule has 9 nitrogen and oxygen atoms in total. The number of ketones is 1. The molecule has 0 unspecified atom stereocenters. The summed E-state index contributed by atoms with van der Waals surface area (Å²) in [6.07, 6.45) is 7.95. The monoisotopic (exact) mass is 629 g/mol. The summed E-state index contributed by atoms with van der Waals surface area (Å²) in [7, 11) is 0. The van der Waals surface area contributed by atoms with Crippen LogP contribution in [0.4, 0.5) is 19.0 Å². The summed E-state index contributed by atoms with van der Waals surface area (Å²) >= 11 is 0. The molecule has 3 fully saturated rings. The average Bonchev–Trinajstić information content (AvgIpc) is 3.43. The molecule has 236 valence electrons. The van der Waals surface area contributed by atoms with Crippen LogP contribution in [0.25, 0.3) is 32.9 Å². The van der Waals surface area contributed by atoms with E-state index in [0.717, 1.165) is 19.4 Å². The minimum atomic E-state index is -0.956. The first-order chi connectivity index (χ1) is 22.2. The van der Waals surface area contributed by atoms with Crippen LogP contribution in [-0.2, 0) is 4.79 Å². The smallest absolute Gasteiger partial charge is 0.319 e. The molecule has 3 atom stereocenters. The minimum Gasteiger partial charge on any atom is -0.508 e. The third-order valence-electron chi connectivity index (χ3n) is 9.84. The van der Waals surface area contributed by atoms with Gasteiger partial charge < -0.3 is 19.5 Å². The van der Waals surface area contributed by atoms with Crippen LogP contribution >= 0.6 is 0 Å². The lowest BCUT2D eigenvalue weighted by molar-refractivity contribution is -0.119. The van der Waals surface area contributed by atoms with Gasteiger partial charge in [0.25, 0.3) is 0 Å². The van der Waals surface area contributed by atoms with Crippen molar-refractivity contribution in [3.63, 3.8) is 0 Å². The van der Waals surface area contributed by atoms with Gasteiger partial charge in [0.05, 0.1) is 17.1 Å². The summed E-state index contributed by atoms with van der Waals surface area (Å²) in [5.41, 5.74) is -0.954. The quantitative estimate of drug-likeness (QED) is 0.310. The number of nitrogens with zero attached hydrogens (tertiary/aromatic N) is 5. The van der Waals surface area contributed by atoms with Crippen LogP contribution < -0.4 is 14.4 Å². The maximum absolute atomic E-state index is 16.9. The summed E-state index contributed by atoms with van der Waals surface area (Å²) in [4.78, 5) is 30.5. The molecule has 4 aromatic rings. The van der Waals surface area contributed by atoms with Crippen LogP contribution in [-0.4, -0.2) is 81.3 Å². The highest BCUT2D eigenvalue weighted by Gasteiger charge is 2.49. The number of phenolic OH excluding ortho intramolecular Hbond substituents is 1. The van der Waals surface area contributed by atoms with Crippen molar-refractivity contribution in [2.75, 3.05) is 37.7 Å². The van der Waals surface area contributed by atoms with Crippen LogP contribution in [0.2, 0.25) is 0 Å². The Hall–Kier alpha value is -4.63. The van der Waals surface area contributed by atoms with Crippen molar-refractivity contribution >= 4 is 33.3 Å². The Kier molecular flexibility index (Phi) is 6.72. The maximum Gasteiger partial charge on any atom is 0.319 e. The van der Waals surface area contributed by atoms with Gasteiger partial charge in [-0.3, -0.25) is 9.69 Å². The molecular weight excluding hydrogens is 599 g/mol. The Bertz CT molecular complexity index is 1980. The van der Waals surface area contributed by atoms with E-state index in [1.165, 1.54) is 24.3 Å². The molecular formula is C34H30F3N5O4. The van der Waals surface area contributed by atoms with Gasteiger partial charge in [-0.15, -0.1) is 6.42 Å². The number of fused-ring (bicyclic) bond motifs is 4. The number of aromatic nitrogens is 3. The van der Waals surface area contributed by atoms with Crippen LogP contribution in [0, 0.1) is 24.0 Å². The van der Waals surface area contributed by atoms with Crippen LogP contribution in [0.1, 0.15) is 44.1 Å². The molecule has 1 N–H and O–H groups in total. The number of ether oxygens (including phenoxy) is 2. The van der Waals surface area contributed by atoms with Gasteiger partial charge >= 0.3 is 6.01 Å². The Morgan fingerprint density at radius 3 is 2.87 bits per heavy atom. The minimum absolute atomic E-state index is 0.0280. The van der Waals surface area contributed by atoms with Gasteiger partial charge in [0.15, 0.2) is 5.82 Å². The first-order valence-corrected chi connectivity index (χ1v) is 15.5. The van der Waals surface area contributed by atoms with Crippen molar-refractivity contribution in [3.05, 3.63) is 41.5 Å². The number of hydrogen-bond donors (Lipinski definition) is 1. The van der Waals surface area contributed by atoms with E-state index in [9.17, 15) is 18.7 Å². The molecule has 0 amide bonds. The van der Waals surface area contributed by atoms with Gasteiger partial charge in [-0.25, -0.2) is 18.2 Å². The van der Waals surface area contributed by atoms with Gasteiger partial charge in [-0.1, -0.05) is 12.0 Å². The largest absolute Gasteiger partial charge is 0.508 e. The molecule has 12 heteroatoms. The number of halogens is 3. The molecule has 0 spiro atoms. The topological polar surface area (TPSA) is 101 Å². The number of carbonyl (C=O) groups excluding carboxylic acids is 1. The predicted octanol–water partition coefficient (Wildman–Crippen LogP) is 5.09. The van der Waals surface area contributed by atoms with E-state index in [0.29, 0.717) is 43.6 Å². The van der Waals surface area contributed by atoms with Gasteiger partial charge in [0, 0.05) is 43.3 Å². The van der Waals surface area contributed by atoms with Crippen LogP contribution in [0.3, 0.4) is 0 Å². The molecule has 3 saturated heterocycles. The van der Waals surface area contributed by atoms with Gasteiger partial charge in [0.2, 0.25) is 5.88 Å². The number of benzene rings is 2. The van der Waals surface area contributed by atoms with Crippen molar-refractivity contribution in [1.82, 2.24) is 19.9 Å². The van der Waals surface area contributed by atoms with E-state index in [2.05, 4.69) is 20.8 Å². The third-order valence-corrected chi connectivity index (χ3v) is 9.84. The first kappa shape index (κ1) is 28.8. The zero-order valence-corrected chi connectivity index (χ0v) is 24.9. The van der Waals surface area contributed by atoms with Crippen LogP contribution in [0.15, 0.2) is 24.3 Å². The fraction of sp³-hybridized carbons (Fsp3) is 0.412. The second-order valence-corrected chi connectivity index (χ2v) is 12.7. The molecule has 0 radical (unpaired) electrons. The highest BCUT2D eigenvalue weighted by atomic mass is 19.1. The van der Waals surface area contributed by atoms with Crippen molar-refractivity contribution in [2.45, 2.75) is 56.3 Å². The molecule has 2 aromatic carbocycles. The number of terminal acetylenes is 1. The van der Waals surface area contributed by atoms with E-state index >= 15 is 4.39 Å². The summed E-state index contributed by atoms with van der Waals surface area (Å²) in [6, 6.07) is 4.82. The molecule has 0 bridgehead atoms. The molecule has 0 aliphatic carbocycles. The molecule has 4 aliphatic heterocycles. The van der Waals surface area contributed by atoms with Gasteiger partial charge in [-0.2, -0.15) is 9.97 Å². The molecule has 8 rings (SSSR count). The Morgan fingerprint density at radius 2 is 2.02 bits per heavy atom. The predicted molar refractivity (Wildman–Crippen MR) is 164 cm³/mol. The summed E-state index contributed by atoms with van der Waals surface area (Å²) in [6.45, 7) is 1.80. The fourth-order valence-electron chi connectivity index (χ4n) is 7.77. The fourth-order valence-corrected chi connectivity index (χ4v) is 7.77. The lowest BCUT2D eigenvalue weighted by Crippen LogP contribution is -2.43. The molecule has 2 aromatic heterocycles. The number of Topliss-reactive ketones (excluding diaryl/α,β-unsaturated/α-hetero) is 1. The van der Waals surface area contributed by atoms with E-state index < -0.39 is 29.4 Å². The SMILES string of the molecule is C#Cc1c(F)ccc2cc(O)cc(-c3nc4c5c(nc(OC[C@@]67CCCN6C[C@H](F)C7)nc5c3F)N3CCCC(=O)C[C@H]3CO4)c12. The average molecular weight is 630 g/mol. The lowest BCUT2D eigenvalue weighted by Gasteiger charge is -2.31. The zero-order valence-electron chi connectivity index (χ0n) is 24.9. The second-order valence-electron chi connectivity index (χ2n) is 12.7. The number of alkyl halides is 1. The molecule has 6 heterocycles. The number of rotatable bonds is 4. The summed E-state index contributed by atoms with van der Waals surface area (Å²) in [5.74, 6) is 1.04. The molecule has 0 saturated carbocycles. The number of carbonyl (C=O) groups is 1.